The summed E-state index contributed by atoms with van der Waals surface area (Å²) < 4.78 is 5.96. The molecule has 1 aliphatic rings. The number of nitrogens with zero attached hydrogens (tertiary/aromatic N) is 1. The molecule has 0 spiro atoms. The van der Waals surface area contributed by atoms with Crippen LogP contribution in [0.5, 0.6) is 0 Å². The summed E-state index contributed by atoms with van der Waals surface area (Å²) in [7, 11) is 1.94. The highest BCUT2D eigenvalue weighted by Crippen LogP contribution is 2.34. The summed E-state index contributed by atoms with van der Waals surface area (Å²) in [4.78, 5) is 2.45. The molecule has 1 N–H and O–H groups in total. The molecule has 0 bridgehead atoms. The van der Waals surface area contributed by atoms with E-state index in [1.54, 1.807) is 6.07 Å². The number of likely N-dealkylation sites (N-methyl/N-ethyl adjacent to an activating group) is 1. The summed E-state index contributed by atoms with van der Waals surface area (Å²) in [6.45, 7) is 6.90. The molecule has 1 saturated heterocycles. The Balaban J connectivity index is 2.37. The Morgan fingerprint density at radius 1 is 1.30 bits per heavy atom. The molecule has 5 heteroatoms. The minimum atomic E-state index is 0.102. The zero-order chi connectivity index (χ0) is 14.7. The molecular weight excluding hydrogens is 295 g/mol. The predicted molar refractivity (Wildman–Crippen MR) is 84.7 cm³/mol. The molecule has 1 aromatic rings. The average Bonchev–Trinajstić information content (AvgIpc) is 2.37. The lowest BCUT2D eigenvalue weighted by molar-refractivity contribution is -0.0815. The minimum absolute atomic E-state index is 0.102. The molecule has 1 fully saturated rings. The van der Waals surface area contributed by atoms with Crippen molar-refractivity contribution in [2.24, 2.45) is 0 Å². The molecule has 0 aliphatic carbocycles. The van der Waals surface area contributed by atoms with Crippen LogP contribution in [0.3, 0.4) is 0 Å². The van der Waals surface area contributed by atoms with Crippen molar-refractivity contribution >= 4 is 23.2 Å². The zero-order valence-electron chi connectivity index (χ0n) is 12.2. The van der Waals surface area contributed by atoms with Crippen molar-refractivity contribution in [3.05, 3.63) is 33.8 Å². The van der Waals surface area contributed by atoms with E-state index >= 15 is 0 Å². The maximum atomic E-state index is 6.16. The monoisotopic (exact) mass is 316 g/mol. The number of halogens is 2. The van der Waals surface area contributed by atoms with E-state index in [2.05, 4.69) is 24.1 Å². The van der Waals surface area contributed by atoms with Crippen LogP contribution in [0, 0.1) is 0 Å². The fraction of sp³-hybridized carbons (Fsp3) is 0.600. The van der Waals surface area contributed by atoms with Gasteiger partial charge in [0.15, 0.2) is 0 Å². The van der Waals surface area contributed by atoms with E-state index in [0.29, 0.717) is 16.1 Å². The van der Waals surface area contributed by atoms with Gasteiger partial charge in [-0.3, -0.25) is 4.90 Å². The Hall–Kier alpha value is -0.320. The van der Waals surface area contributed by atoms with Gasteiger partial charge in [-0.05, 0) is 44.7 Å². The van der Waals surface area contributed by atoms with Gasteiger partial charge in [0.05, 0.1) is 18.8 Å². The molecule has 2 atom stereocenters. The van der Waals surface area contributed by atoms with Gasteiger partial charge in [-0.15, -0.1) is 0 Å². The van der Waals surface area contributed by atoms with Crippen LogP contribution in [0.2, 0.25) is 10.0 Å². The first-order valence-electron chi connectivity index (χ1n) is 7.01. The molecule has 1 aromatic carbocycles. The maximum Gasteiger partial charge on any atom is 0.0896 e. The van der Waals surface area contributed by atoms with Crippen LogP contribution in [0.15, 0.2) is 18.2 Å². The van der Waals surface area contributed by atoms with E-state index in [4.69, 9.17) is 27.9 Å². The summed E-state index contributed by atoms with van der Waals surface area (Å²) in [6.07, 6.45) is 0.102. The average molecular weight is 317 g/mol. The van der Waals surface area contributed by atoms with Crippen molar-refractivity contribution in [3.8, 4) is 0 Å². The van der Waals surface area contributed by atoms with Crippen LogP contribution >= 0.6 is 23.2 Å². The third-order valence-corrected chi connectivity index (χ3v) is 4.12. The molecule has 20 heavy (non-hydrogen) atoms. The first-order chi connectivity index (χ1) is 9.52. The second kappa shape index (κ2) is 7.10. The van der Waals surface area contributed by atoms with Crippen molar-refractivity contribution in [1.29, 1.82) is 0 Å². The number of ether oxygens (including phenoxy) is 1. The van der Waals surface area contributed by atoms with Gasteiger partial charge >= 0.3 is 0 Å². The van der Waals surface area contributed by atoms with Gasteiger partial charge in [-0.25, -0.2) is 0 Å². The molecule has 0 saturated carbocycles. The molecule has 1 aliphatic heterocycles. The molecular formula is C15H22Cl2N2O. The van der Waals surface area contributed by atoms with Crippen LogP contribution < -0.4 is 5.32 Å². The number of rotatable bonds is 4. The quantitative estimate of drug-likeness (QED) is 0.921. The topological polar surface area (TPSA) is 24.5 Å². The number of nitrogens with one attached hydrogen (secondary N) is 1. The van der Waals surface area contributed by atoms with Crippen LogP contribution in [0.1, 0.15) is 25.5 Å². The van der Waals surface area contributed by atoms with Gasteiger partial charge in [0.25, 0.3) is 0 Å². The molecule has 0 radical (unpaired) electrons. The second-order valence-corrected chi connectivity index (χ2v) is 6.32. The Bertz CT molecular complexity index is 431. The van der Waals surface area contributed by atoms with Crippen molar-refractivity contribution in [1.82, 2.24) is 10.2 Å². The molecule has 2 unspecified atom stereocenters. The summed E-state index contributed by atoms with van der Waals surface area (Å²) in [5.74, 6) is 0. The molecule has 112 valence electrons. The Morgan fingerprint density at radius 3 is 2.50 bits per heavy atom. The van der Waals surface area contributed by atoms with Gasteiger partial charge in [0.1, 0.15) is 0 Å². The largest absolute Gasteiger partial charge is 0.374 e. The third kappa shape index (κ3) is 3.66. The summed E-state index contributed by atoms with van der Waals surface area (Å²) in [6, 6.07) is 6.37. The van der Waals surface area contributed by atoms with E-state index in [1.165, 1.54) is 0 Å². The van der Waals surface area contributed by atoms with Gasteiger partial charge < -0.3 is 10.1 Å². The van der Waals surface area contributed by atoms with E-state index in [9.17, 15) is 0 Å². The summed E-state index contributed by atoms with van der Waals surface area (Å²) in [5, 5.41) is 4.55. The fourth-order valence-electron chi connectivity index (χ4n) is 2.86. The standard InChI is InChI=1S/C15H22Cl2N2O/c1-10(2)19-4-5-20-14(9-18-3)15(19)11-6-12(16)8-13(17)7-11/h6-8,10,14-15,18H,4-5,9H2,1-3H3. The summed E-state index contributed by atoms with van der Waals surface area (Å²) >= 11 is 12.3. The van der Waals surface area contributed by atoms with E-state index < -0.39 is 0 Å². The molecule has 2 rings (SSSR count). The zero-order valence-corrected chi connectivity index (χ0v) is 13.7. The second-order valence-electron chi connectivity index (χ2n) is 5.45. The van der Waals surface area contributed by atoms with Crippen LogP contribution in [-0.2, 0) is 4.74 Å². The number of hydrogen-bond acceptors (Lipinski definition) is 3. The highest BCUT2D eigenvalue weighted by molar-refractivity contribution is 6.34. The summed E-state index contributed by atoms with van der Waals surface area (Å²) in [5.41, 5.74) is 1.12. The first kappa shape index (κ1) is 16.1. The van der Waals surface area contributed by atoms with Crippen molar-refractivity contribution < 1.29 is 4.74 Å². The van der Waals surface area contributed by atoms with Gasteiger partial charge in [0.2, 0.25) is 0 Å². The smallest absolute Gasteiger partial charge is 0.0896 e. The Morgan fingerprint density at radius 2 is 1.95 bits per heavy atom. The highest BCUT2D eigenvalue weighted by Gasteiger charge is 2.34. The third-order valence-electron chi connectivity index (χ3n) is 3.69. The first-order valence-corrected chi connectivity index (χ1v) is 7.76. The molecule has 3 nitrogen and oxygen atoms in total. The number of hydrogen-bond donors (Lipinski definition) is 1. The van der Waals surface area contributed by atoms with Gasteiger partial charge in [-0.2, -0.15) is 0 Å². The minimum Gasteiger partial charge on any atom is -0.374 e. The van der Waals surface area contributed by atoms with Crippen LogP contribution in [-0.4, -0.2) is 43.8 Å². The van der Waals surface area contributed by atoms with E-state index in [1.807, 2.05) is 19.2 Å². The van der Waals surface area contributed by atoms with Crippen molar-refractivity contribution in [3.63, 3.8) is 0 Å². The lowest BCUT2D eigenvalue weighted by atomic mass is 9.96. The normalized spacial score (nSPS) is 24.3. The predicted octanol–water partition coefficient (Wildman–Crippen LogP) is 3.36. The molecule has 0 aromatic heterocycles. The van der Waals surface area contributed by atoms with Crippen molar-refractivity contribution in [2.45, 2.75) is 32.0 Å². The van der Waals surface area contributed by atoms with Gasteiger partial charge in [-0.1, -0.05) is 23.2 Å². The molecule has 0 amide bonds. The maximum absolute atomic E-state index is 6.16. The Kier molecular flexibility index (Phi) is 5.70. The number of benzene rings is 1. The molecule has 1 heterocycles. The van der Waals surface area contributed by atoms with Crippen molar-refractivity contribution in [2.75, 3.05) is 26.7 Å². The SMILES string of the molecule is CNCC1OCCN(C(C)C)C1c1cc(Cl)cc(Cl)c1. The number of morpholine rings is 1. The van der Waals surface area contributed by atoms with Gasteiger partial charge in [0, 0.05) is 29.2 Å². The lowest BCUT2D eigenvalue weighted by Gasteiger charge is -2.43. The highest BCUT2D eigenvalue weighted by atomic mass is 35.5. The van der Waals surface area contributed by atoms with Crippen LogP contribution in [0.4, 0.5) is 0 Å². The fourth-order valence-corrected chi connectivity index (χ4v) is 3.40. The van der Waals surface area contributed by atoms with E-state index in [-0.39, 0.29) is 12.1 Å². The Labute approximate surface area is 131 Å². The van der Waals surface area contributed by atoms with Crippen LogP contribution in [0.25, 0.3) is 0 Å². The lowest BCUT2D eigenvalue weighted by Crippen LogP contribution is -2.51. The van der Waals surface area contributed by atoms with E-state index in [0.717, 1.165) is 25.3 Å².